The number of nitrogens with zero attached hydrogens (tertiary/aromatic N) is 1. The summed E-state index contributed by atoms with van der Waals surface area (Å²) in [5.41, 5.74) is 5.02. The van der Waals surface area contributed by atoms with Gasteiger partial charge in [-0.05, 0) is 30.3 Å². The second-order valence-corrected chi connectivity index (χ2v) is 8.18. The zero-order chi connectivity index (χ0) is 24.2. The second kappa shape index (κ2) is 9.54. The summed E-state index contributed by atoms with van der Waals surface area (Å²) in [6.45, 7) is 0. The Hall–Kier alpha value is -4.17. The van der Waals surface area contributed by atoms with Gasteiger partial charge in [-0.15, -0.1) is 0 Å². The van der Waals surface area contributed by atoms with Gasteiger partial charge in [-0.1, -0.05) is 11.8 Å². The number of halogens is 2. The number of aromatic nitrogens is 1. The Balaban J connectivity index is 1.97. The van der Waals surface area contributed by atoms with Crippen molar-refractivity contribution in [3.63, 3.8) is 0 Å². The Bertz CT molecular complexity index is 1400. The molecule has 0 bridgehead atoms. The quantitative estimate of drug-likeness (QED) is 0.374. The molecule has 0 saturated carbocycles. The molecule has 0 aliphatic heterocycles. The van der Waals surface area contributed by atoms with Crippen molar-refractivity contribution in [1.29, 1.82) is 5.41 Å². The normalized spacial score (nSPS) is 10.7. The standard InChI is InChI=1S/C22H18F2N4O4S/c1-31-19-8-4-15(10-20(19)32-2)33(29,30)28-18-7-6-17(23)16(21(18)24)5-3-13-9-14(11-25)22(26)27-12-13/h4,6-12,25,28H,1-2H3,(H2,26,27). The van der Waals surface area contributed by atoms with Crippen LogP contribution in [0.2, 0.25) is 0 Å². The molecule has 0 spiro atoms. The van der Waals surface area contributed by atoms with E-state index in [1.54, 1.807) is 0 Å². The molecule has 0 unspecified atom stereocenters. The molecule has 33 heavy (non-hydrogen) atoms. The van der Waals surface area contributed by atoms with Gasteiger partial charge < -0.3 is 20.6 Å². The molecular formula is C22H18F2N4O4S. The SMILES string of the molecule is COc1ccc(S(=O)(=O)Nc2ccc(F)c(C#Cc3cnc(N)c(C=N)c3)c2F)cc1OC. The highest BCUT2D eigenvalue weighted by Crippen LogP contribution is 2.31. The maximum absolute atomic E-state index is 15.0. The molecule has 0 saturated heterocycles. The van der Waals surface area contributed by atoms with E-state index in [0.717, 1.165) is 18.3 Å². The van der Waals surface area contributed by atoms with Gasteiger partial charge in [0.2, 0.25) is 0 Å². The van der Waals surface area contributed by atoms with Gasteiger partial charge in [0, 0.05) is 29.6 Å². The highest BCUT2D eigenvalue weighted by molar-refractivity contribution is 7.92. The molecule has 0 atom stereocenters. The lowest BCUT2D eigenvalue weighted by molar-refractivity contribution is 0.354. The Kier molecular flexibility index (Phi) is 6.79. The number of nitrogen functional groups attached to an aromatic ring is 1. The first-order valence-corrected chi connectivity index (χ1v) is 10.7. The van der Waals surface area contributed by atoms with Gasteiger partial charge in [0.05, 0.1) is 30.4 Å². The van der Waals surface area contributed by atoms with Crippen LogP contribution in [0.25, 0.3) is 0 Å². The van der Waals surface area contributed by atoms with Gasteiger partial charge in [0.25, 0.3) is 10.0 Å². The highest BCUT2D eigenvalue weighted by Gasteiger charge is 2.21. The number of hydrogen-bond acceptors (Lipinski definition) is 7. The minimum Gasteiger partial charge on any atom is -0.493 e. The van der Waals surface area contributed by atoms with Crippen LogP contribution in [0.15, 0.2) is 47.5 Å². The van der Waals surface area contributed by atoms with Crippen molar-refractivity contribution in [2.45, 2.75) is 4.90 Å². The maximum Gasteiger partial charge on any atom is 0.262 e. The van der Waals surface area contributed by atoms with E-state index in [0.29, 0.717) is 11.3 Å². The van der Waals surface area contributed by atoms with Crippen molar-refractivity contribution >= 4 is 27.7 Å². The summed E-state index contributed by atoms with van der Waals surface area (Å²) in [4.78, 5) is 3.64. The minimum atomic E-state index is -4.25. The van der Waals surface area contributed by atoms with E-state index in [-0.39, 0.29) is 22.0 Å². The molecule has 4 N–H and O–H groups in total. The van der Waals surface area contributed by atoms with E-state index >= 15 is 0 Å². The topological polar surface area (TPSA) is 127 Å². The molecule has 0 radical (unpaired) electrons. The van der Waals surface area contributed by atoms with E-state index in [1.807, 2.05) is 0 Å². The first kappa shape index (κ1) is 23.5. The van der Waals surface area contributed by atoms with Crippen molar-refractivity contribution in [2.24, 2.45) is 0 Å². The molecule has 1 heterocycles. The molecule has 3 aromatic rings. The van der Waals surface area contributed by atoms with Crippen LogP contribution >= 0.6 is 0 Å². The molecule has 1 aromatic heterocycles. The molecule has 3 rings (SSSR count). The Morgan fingerprint density at radius 1 is 1.09 bits per heavy atom. The van der Waals surface area contributed by atoms with Crippen LogP contribution in [0.3, 0.4) is 0 Å². The molecule has 11 heteroatoms. The number of nitrogens with two attached hydrogens (primary N) is 1. The number of rotatable bonds is 6. The van der Waals surface area contributed by atoms with Crippen molar-refractivity contribution in [1.82, 2.24) is 4.98 Å². The number of sulfonamides is 1. The second-order valence-electron chi connectivity index (χ2n) is 6.50. The van der Waals surface area contributed by atoms with Crippen LogP contribution < -0.4 is 19.9 Å². The summed E-state index contributed by atoms with van der Waals surface area (Å²) >= 11 is 0. The molecule has 0 amide bonds. The monoisotopic (exact) mass is 472 g/mol. The number of ether oxygens (including phenoxy) is 2. The fourth-order valence-electron chi connectivity index (χ4n) is 2.74. The molecule has 170 valence electrons. The van der Waals surface area contributed by atoms with Gasteiger partial charge in [0.15, 0.2) is 17.3 Å². The van der Waals surface area contributed by atoms with Gasteiger partial charge >= 0.3 is 0 Å². The van der Waals surface area contributed by atoms with Crippen LogP contribution in [-0.4, -0.2) is 33.8 Å². The van der Waals surface area contributed by atoms with Gasteiger partial charge in [0.1, 0.15) is 11.6 Å². The minimum absolute atomic E-state index is 0.111. The molecule has 2 aromatic carbocycles. The average Bonchev–Trinajstić information content (AvgIpc) is 2.81. The van der Waals surface area contributed by atoms with Gasteiger partial charge in [-0.25, -0.2) is 22.2 Å². The van der Waals surface area contributed by atoms with E-state index in [1.165, 1.54) is 44.7 Å². The predicted octanol–water partition coefficient (Wildman–Crippen LogP) is 3.16. The van der Waals surface area contributed by atoms with Crippen LogP contribution in [0.5, 0.6) is 11.5 Å². The lowest BCUT2D eigenvalue weighted by Gasteiger charge is -2.12. The molecular weight excluding hydrogens is 454 g/mol. The van der Waals surface area contributed by atoms with E-state index in [2.05, 4.69) is 21.5 Å². The Morgan fingerprint density at radius 2 is 1.82 bits per heavy atom. The fourth-order valence-corrected chi connectivity index (χ4v) is 3.82. The third-order valence-corrected chi connectivity index (χ3v) is 5.80. The molecule has 0 aliphatic rings. The molecule has 0 fully saturated rings. The van der Waals surface area contributed by atoms with Crippen molar-refractivity contribution in [3.8, 4) is 23.3 Å². The first-order valence-electron chi connectivity index (χ1n) is 9.21. The number of methoxy groups -OCH3 is 2. The molecule has 0 aliphatic carbocycles. The Labute approximate surface area is 188 Å². The first-order chi connectivity index (χ1) is 15.7. The maximum atomic E-state index is 15.0. The number of nitrogens with one attached hydrogen (secondary N) is 2. The van der Waals surface area contributed by atoms with Gasteiger partial charge in [-0.2, -0.15) is 0 Å². The van der Waals surface area contributed by atoms with E-state index in [4.69, 9.17) is 20.6 Å². The summed E-state index contributed by atoms with van der Waals surface area (Å²) in [7, 11) is -1.51. The van der Waals surface area contributed by atoms with Crippen molar-refractivity contribution in [2.75, 3.05) is 24.7 Å². The third kappa shape index (κ3) is 5.02. The van der Waals surface area contributed by atoms with Crippen LogP contribution in [0, 0.1) is 28.9 Å². The summed E-state index contributed by atoms with van der Waals surface area (Å²) < 4.78 is 67.0. The lowest BCUT2D eigenvalue weighted by atomic mass is 10.1. The average molecular weight is 472 g/mol. The van der Waals surface area contributed by atoms with E-state index in [9.17, 15) is 17.2 Å². The van der Waals surface area contributed by atoms with Gasteiger partial charge in [-0.3, -0.25) is 4.72 Å². The number of hydrogen-bond donors (Lipinski definition) is 3. The van der Waals surface area contributed by atoms with Crippen LogP contribution in [0.1, 0.15) is 16.7 Å². The summed E-state index contributed by atoms with van der Waals surface area (Å²) in [5.74, 6) is 3.28. The van der Waals surface area contributed by atoms with E-state index < -0.39 is 32.9 Å². The zero-order valence-corrected chi connectivity index (χ0v) is 18.3. The van der Waals surface area contributed by atoms with Crippen LogP contribution in [-0.2, 0) is 10.0 Å². The fraction of sp³-hybridized carbons (Fsp3) is 0.0909. The summed E-state index contributed by atoms with van der Waals surface area (Å²) in [6.07, 6.45) is 2.26. The third-order valence-electron chi connectivity index (χ3n) is 4.44. The molecule has 8 nitrogen and oxygen atoms in total. The predicted molar refractivity (Wildman–Crippen MR) is 119 cm³/mol. The van der Waals surface area contributed by atoms with Crippen LogP contribution in [0.4, 0.5) is 20.3 Å². The smallest absolute Gasteiger partial charge is 0.262 e. The highest BCUT2D eigenvalue weighted by atomic mass is 32.2. The summed E-state index contributed by atoms with van der Waals surface area (Å²) in [6, 6.07) is 7.12. The lowest BCUT2D eigenvalue weighted by Crippen LogP contribution is -2.15. The van der Waals surface area contributed by atoms with Crippen molar-refractivity contribution < 1.29 is 26.7 Å². The zero-order valence-electron chi connectivity index (χ0n) is 17.4. The Morgan fingerprint density at radius 3 is 2.48 bits per heavy atom. The summed E-state index contributed by atoms with van der Waals surface area (Å²) in [5, 5.41) is 7.28. The largest absolute Gasteiger partial charge is 0.493 e. The number of pyridine rings is 1. The van der Waals surface area contributed by atoms with Crippen molar-refractivity contribution in [3.05, 3.63) is 70.9 Å². The number of benzene rings is 2. The number of anilines is 2.